The molecule has 1 aliphatic heterocycles. The number of benzene rings is 1. The van der Waals surface area contributed by atoms with Crippen LogP contribution in [0.5, 0.6) is 0 Å². The fraction of sp³-hybridized carbons (Fsp3) is 0.667. The van der Waals surface area contributed by atoms with Gasteiger partial charge in [-0.2, -0.15) is 17.0 Å². The van der Waals surface area contributed by atoms with E-state index in [1.54, 1.807) is 37.9 Å². The normalized spacial score (nSPS) is 19.8. The molecule has 31 heavy (non-hydrogen) atoms. The van der Waals surface area contributed by atoms with Crippen LogP contribution in [0.2, 0.25) is 0 Å². The Balaban J connectivity index is 1.71. The lowest BCUT2D eigenvalue weighted by molar-refractivity contribution is 0.0689. The monoisotopic (exact) mass is 471 g/mol. The Morgan fingerprint density at radius 3 is 2.13 bits per heavy atom. The van der Waals surface area contributed by atoms with Gasteiger partial charge in [0, 0.05) is 39.3 Å². The van der Waals surface area contributed by atoms with Crippen LogP contribution in [0, 0.1) is 0 Å². The van der Waals surface area contributed by atoms with Crippen LogP contribution < -0.4 is 0 Å². The highest BCUT2D eigenvalue weighted by atomic mass is 32.2. The number of piperazine rings is 1. The Morgan fingerprint density at radius 1 is 0.968 bits per heavy atom. The van der Waals surface area contributed by atoms with E-state index in [1.807, 2.05) is 0 Å². The van der Waals surface area contributed by atoms with Gasteiger partial charge in [-0.3, -0.25) is 4.79 Å². The van der Waals surface area contributed by atoms with Crippen molar-refractivity contribution >= 4 is 26.0 Å². The van der Waals surface area contributed by atoms with Gasteiger partial charge in [0.1, 0.15) is 0 Å². The lowest BCUT2D eigenvalue weighted by Crippen LogP contribution is -2.55. The molecule has 0 bridgehead atoms. The number of nitrogens with zero attached hydrogens (tertiary/aromatic N) is 3. The van der Waals surface area contributed by atoms with Crippen molar-refractivity contribution < 1.29 is 21.6 Å². The Bertz CT molecular complexity index is 994. The molecule has 2 aliphatic rings. The first kappa shape index (κ1) is 24.2. The quantitative estimate of drug-likeness (QED) is 0.633. The Morgan fingerprint density at radius 2 is 1.55 bits per heavy atom. The smallest absolute Gasteiger partial charge is 0.282 e. The molecular weight excluding hydrogens is 438 g/mol. The summed E-state index contributed by atoms with van der Waals surface area (Å²) in [6.45, 7) is 4.03. The van der Waals surface area contributed by atoms with Crippen LogP contribution >= 0.6 is 0 Å². The fourth-order valence-electron chi connectivity index (χ4n) is 4.25. The number of carbonyl (C=O) groups is 1. The second-order valence-corrected chi connectivity index (χ2v) is 13.1. The topological polar surface area (TPSA) is 95.1 Å². The third kappa shape index (κ3) is 4.97. The van der Waals surface area contributed by atoms with Gasteiger partial charge in [-0.05, 0) is 38.8 Å². The Labute approximate surface area is 186 Å². The maximum Gasteiger partial charge on any atom is 0.282 e. The van der Waals surface area contributed by atoms with Crippen molar-refractivity contribution in [2.75, 3.05) is 33.2 Å². The summed E-state index contributed by atoms with van der Waals surface area (Å²) in [6, 6.07) is 6.27. The van der Waals surface area contributed by atoms with Crippen molar-refractivity contribution in [3.05, 3.63) is 29.8 Å². The maximum atomic E-state index is 13.1. The number of hydrogen-bond acceptors (Lipinski definition) is 5. The summed E-state index contributed by atoms with van der Waals surface area (Å²) in [5.41, 5.74) is 0.145. The van der Waals surface area contributed by atoms with E-state index in [0.29, 0.717) is 0 Å². The lowest BCUT2D eigenvalue weighted by atomic mass is 9.96. The van der Waals surface area contributed by atoms with E-state index in [1.165, 1.54) is 20.7 Å². The molecule has 174 valence electrons. The zero-order chi connectivity index (χ0) is 22.8. The van der Waals surface area contributed by atoms with Crippen molar-refractivity contribution in [3.8, 4) is 0 Å². The molecule has 1 saturated carbocycles. The van der Waals surface area contributed by atoms with Gasteiger partial charge in [-0.15, -0.1) is 0 Å². The molecule has 1 aliphatic carbocycles. The van der Waals surface area contributed by atoms with E-state index >= 15 is 0 Å². The number of sulfone groups is 1. The molecular formula is C21H33N3O5S2. The van der Waals surface area contributed by atoms with Crippen molar-refractivity contribution in [3.63, 3.8) is 0 Å². The maximum absolute atomic E-state index is 13.1. The molecule has 0 unspecified atom stereocenters. The van der Waals surface area contributed by atoms with Crippen LogP contribution in [0.25, 0.3) is 0 Å². The first-order valence-corrected chi connectivity index (χ1v) is 13.9. The molecule has 0 spiro atoms. The predicted molar refractivity (Wildman–Crippen MR) is 120 cm³/mol. The average molecular weight is 472 g/mol. The number of rotatable bonds is 6. The van der Waals surface area contributed by atoms with Gasteiger partial charge in [0.25, 0.3) is 16.1 Å². The van der Waals surface area contributed by atoms with Crippen LogP contribution in [0.4, 0.5) is 0 Å². The highest BCUT2D eigenvalue weighted by Crippen LogP contribution is 2.26. The largest absolute Gasteiger partial charge is 0.336 e. The minimum Gasteiger partial charge on any atom is -0.336 e. The van der Waals surface area contributed by atoms with Gasteiger partial charge < -0.3 is 4.90 Å². The van der Waals surface area contributed by atoms with Gasteiger partial charge in [-0.25, -0.2) is 8.42 Å². The molecule has 0 radical (unpaired) electrons. The van der Waals surface area contributed by atoms with Crippen molar-refractivity contribution in [2.45, 2.75) is 62.1 Å². The number of carbonyl (C=O) groups excluding carboxylic acids is 1. The summed E-state index contributed by atoms with van der Waals surface area (Å²) < 4.78 is 54.4. The second-order valence-electron chi connectivity index (χ2n) is 8.60. The van der Waals surface area contributed by atoms with E-state index in [9.17, 15) is 21.6 Å². The van der Waals surface area contributed by atoms with E-state index in [0.717, 1.165) is 32.1 Å². The molecule has 10 heteroatoms. The zero-order valence-electron chi connectivity index (χ0n) is 18.5. The van der Waals surface area contributed by atoms with Gasteiger partial charge in [0.05, 0.1) is 15.7 Å². The highest BCUT2D eigenvalue weighted by Gasteiger charge is 2.36. The second kappa shape index (κ2) is 9.56. The van der Waals surface area contributed by atoms with Crippen molar-refractivity contribution in [1.82, 2.24) is 13.5 Å². The molecule has 1 heterocycles. The summed E-state index contributed by atoms with van der Waals surface area (Å²) in [5, 5.41) is -0.640. The van der Waals surface area contributed by atoms with Gasteiger partial charge in [-0.1, -0.05) is 31.4 Å². The molecule has 2 fully saturated rings. The first-order valence-electron chi connectivity index (χ1n) is 10.9. The standard InChI is InChI=1S/C21H33N3O5S2/c1-17(2)30(26,27)20-12-8-7-11-19(20)21(25)23-13-15-24(16-14-23)31(28,29)22(3)18-9-5-4-6-10-18/h7-8,11-12,17-18H,4-6,9-10,13-16H2,1-3H3. The van der Waals surface area contributed by atoms with Crippen LogP contribution in [0.1, 0.15) is 56.3 Å². The number of amides is 1. The van der Waals surface area contributed by atoms with E-state index in [2.05, 4.69) is 0 Å². The SMILES string of the molecule is CC(C)S(=O)(=O)c1ccccc1C(=O)N1CCN(S(=O)(=O)N(C)C2CCCCC2)CC1. The zero-order valence-corrected chi connectivity index (χ0v) is 20.2. The minimum atomic E-state index is -3.61. The van der Waals surface area contributed by atoms with Crippen molar-refractivity contribution in [2.24, 2.45) is 0 Å². The molecule has 8 nitrogen and oxygen atoms in total. The molecule has 1 saturated heterocycles. The summed E-state index contributed by atoms with van der Waals surface area (Å²) in [5.74, 6) is -0.377. The van der Waals surface area contributed by atoms with Crippen LogP contribution in [0.3, 0.4) is 0 Å². The van der Waals surface area contributed by atoms with Gasteiger partial charge in [0.2, 0.25) is 0 Å². The molecule has 1 aromatic rings. The van der Waals surface area contributed by atoms with E-state index in [4.69, 9.17) is 0 Å². The molecule has 0 N–H and O–H groups in total. The summed E-state index contributed by atoms with van der Waals surface area (Å²) in [7, 11) is -5.55. The Hall–Kier alpha value is -1.49. The third-order valence-corrected chi connectivity index (χ3v) is 10.6. The van der Waals surface area contributed by atoms with Crippen molar-refractivity contribution in [1.29, 1.82) is 0 Å². The fourth-order valence-corrected chi connectivity index (χ4v) is 7.07. The van der Waals surface area contributed by atoms with Gasteiger partial charge in [0.15, 0.2) is 9.84 Å². The molecule has 1 aromatic carbocycles. The van der Waals surface area contributed by atoms with E-state index in [-0.39, 0.29) is 48.6 Å². The summed E-state index contributed by atoms with van der Waals surface area (Å²) in [6.07, 6.45) is 5.01. The molecule has 3 rings (SSSR count). The van der Waals surface area contributed by atoms with Crippen LogP contribution in [0.15, 0.2) is 29.2 Å². The van der Waals surface area contributed by atoms with Crippen LogP contribution in [-0.4, -0.2) is 80.8 Å². The average Bonchev–Trinajstić information content (AvgIpc) is 2.78. The lowest BCUT2D eigenvalue weighted by Gasteiger charge is -2.38. The molecule has 0 atom stereocenters. The summed E-state index contributed by atoms with van der Waals surface area (Å²) >= 11 is 0. The Kier molecular flexibility index (Phi) is 7.45. The minimum absolute atomic E-state index is 0.0297. The van der Waals surface area contributed by atoms with Crippen LogP contribution in [-0.2, 0) is 20.0 Å². The molecule has 1 amide bonds. The number of hydrogen-bond donors (Lipinski definition) is 0. The highest BCUT2D eigenvalue weighted by molar-refractivity contribution is 7.92. The predicted octanol–water partition coefficient (Wildman–Crippen LogP) is 2.14. The first-order chi connectivity index (χ1) is 14.6. The third-order valence-electron chi connectivity index (χ3n) is 6.35. The van der Waals surface area contributed by atoms with Gasteiger partial charge >= 0.3 is 0 Å². The molecule has 0 aromatic heterocycles. The summed E-state index contributed by atoms with van der Waals surface area (Å²) in [4.78, 5) is 14.7. The van der Waals surface area contributed by atoms with E-state index < -0.39 is 25.3 Å².